The van der Waals surface area contributed by atoms with Gasteiger partial charge in [-0.1, -0.05) is 32.0 Å². The van der Waals surface area contributed by atoms with E-state index in [1.807, 2.05) is 18.2 Å². The Balaban J connectivity index is 2.10. The van der Waals surface area contributed by atoms with E-state index < -0.39 is 0 Å². The highest BCUT2D eigenvalue weighted by Gasteiger charge is 2.25. The van der Waals surface area contributed by atoms with E-state index in [-0.39, 0.29) is 18.3 Å². The monoisotopic (exact) mass is 386 g/mol. The van der Waals surface area contributed by atoms with Gasteiger partial charge >= 0.3 is 0 Å². The lowest BCUT2D eigenvalue weighted by molar-refractivity contribution is 0.280. The molecular formula is C25H23FN2O. The van der Waals surface area contributed by atoms with Gasteiger partial charge in [0.1, 0.15) is 5.82 Å². The first-order valence-corrected chi connectivity index (χ1v) is 9.99. The average molecular weight is 386 g/mol. The molecule has 1 aliphatic carbocycles. The number of hydrogen-bond acceptors (Lipinski definition) is 3. The average Bonchev–Trinajstić information content (AvgIpc) is 2.91. The van der Waals surface area contributed by atoms with Crippen molar-refractivity contribution in [1.29, 1.82) is 5.26 Å². The van der Waals surface area contributed by atoms with Crippen LogP contribution in [0.15, 0.2) is 42.5 Å². The number of halogens is 1. The fraction of sp³-hybridized carbons (Fsp3) is 0.280. The molecule has 0 unspecified atom stereocenters. The van der Waals surface area contributed by atoms with Crippen LogP contribution in [0.2, 0.25) is 0 Å². The molecule has 0 amide bonds. The molecule has 3 aromatic rings. The van der Waals surface area contributed by atoms with E-state index in [0.717, 1.165) is 58.5 Å². The van der Waals surface area contributed by atoms with Crippen LogP contribution < -0.4 is 0 Å². The van der Waals surface area contributed by atoms with Gasteiger partial charge in [-0.2, -0.15) is 5.26 Å². The lowest BCUT2D eigenvalue weighted by atomic mass is 9.87. The zero-order valence-electron chi connectivity index (χ0n) is 16.7. The predicted octanol–water partition coefficient (Wildman–Crippen LogP) is 5.53. The Bertz CT molecular complexity index is 1110. The summed E-state index contributed by atoms with van der Waals surface area (Å²) in [5.41, 5.74) is 8.24. The third-order valence-electron chi connectivity index (χ3n) is 5.64. The van der Waals surface area contributed by atoms with Crippen LogP contribution in [0.5, 0.6) is 0 Å². The first-order chi connectivity index (χ1) is 14.0. The Kier molecular flexibility index (Phi) is 5.17. The second kappa shape index (κ2) is 7.77. The van der Waals surface area contributed by atoms with Crippen LogP contribution in [0.4, 0.5) is 4.39 Å². The van der Waals surface area contributed by atoms with Gasteiger partial charge in [0.25, 0.3) is 0 Å². The lowest BCUT2D eigenvalue weighted by Crippen LogP contribution is -2.09. The lowest BCUT2D eigenvalue weighted by Gasteiger charge is -2.22. The molecule has 0 aliphatic heterocycles. The second-order valence-corrected chi connectivity index (χ2v) is 7.83. The molecule has 1 N–H and O–H groups in total. The number of nitrogens with zero attached hydrogens (tertiary/aromatic N) is 2. The fourth-order valence-corrected chi connectivity index (χ4v) is 4.29. The number of aryl methyl sites for hydroxylation is 1. The van der Waals surface area contributed by atoms with Crippen LogP contribution in [0, 0.1) is 17.1 Å². The zero-order chi connectivity index (χ0) is 20.5. The fourth-order valence-electron chi connectivity index (χ4n) is 4.29. The standard InChI is InChI=1S/C25H23FN2O/c1-15(2)24-22(14-29)23(18-8-10-19(26)11-9-18)20-5-3-4-17-7-6-16(13-27)12-21(17)25(20)28-24/h6-12,15,29H,3-5,14H2,1-2H3. The van der Waals surface area contributed by atoms with E-state index in [2.05, 4.69) is 19.9 Å². The topological polar surface area (TPSA) is 56.9 Å². The summed E-state index contributed by atoms with van der Waals surface area (Å²) in [7, 11) is 0. The summed E-state index contributed by atoms with van der Waals surface area (Å²) in [5, 5.41) is 19.7. The maximum absolute atomic E-state index is 13.6. The van der Waals surface area contributed by atoms with Gasteiger partial charge in [-0.3, -0.25) is 4.98 Å². The van der Waals surface area contributed by atoms with Gasteiger partial charge in [0.15, 0.2) is 0 Å². The van der Waals surface area contributed by atoms with Crippen molar-refractivity contribution < 1.29 is 9.50 Å². The molecule has 146 valence electrons. The number of aromatic nitrogens is 1. The largest absolute Gasteiger partial charge is 0.392 e. The van der Waals surface area contributed by atoms with Gasteiger partial charge in [0.2, 0.25) is 0 Å². The van der Waals surface area contributed by atoms with Crippen LogP contribution in [0.1, 0.15) is 54.1 Å². The maximum Gasteiger partial charge on any atom is 0.123 e. The van der Waals surface area contributed by atoms with E-state index in [1.54, 1.807) is 12.1 Å². The zero-order valence-corrected chi connectivity index (χ0v) is 16.7. The number of pyridine rings is 1. The first-order valence-electron chi connectivity index (χ1n) is 9.99. The van der Waals surface area contributed by atoms with E-state index in [4.69, 9.17) is 4.98 Å². The molecule has 3 nitrogen and oxygen atoms in total. The molecule has 4 rings (SSSR count). The van der Waals surface area contributed by atoms with Crippen molar-refractivity contribution in [3.63, 3.8) is 0 Å². The summed E-state index contributed by atoms with van der Waals surface area (Å²) in [4.78, 5) is 5.02. The highest BCUT2D eigenvalue weighted by atomic mass is 19.1. The minimum Gasteiger partial charge on any atom is -0.392 e. The van der Waals surface area contributed by atoms with E-state index in [1.165, 1.54) is 17.7 Å². The van der Waals surface area contributed by atoms with Crippen LogP contribution in [-0.2, 0) is 19.4 Å². The quantitative estimate of drug-likeness (QED) is 0.644. The molecule has 4 heteroatoms. The number of aliphatic hydroxyl groups is 1. The minimum absolute atomic E-state index is 0.118. The molecule has 1 heterocycles. The van der Waals surface area contributed by atoms with E-state index >= 15 is 0 Å². The second-order valence-electron chi connectivity index (χ2n) is 7.83. The number of hydrogen-bond donors (Lipinski definition) is 1. The number of benzene rings is 2. The Hall–Kier alpha value is -3.03. The van der Waals surface area contributed by atoms with Crippen molar-refractivity contribution in [2.45, 2.75) is 45.6 Å². The normalized spacial score (nSPS) is 12.8. The number of rotatable bonds is 3. The Morgan fingerprint density at radius 2 is 1.90 bits per heavy atom. The molecule has 0 atom stereocenters. The molecule has 0 radical (unpaired) electrons. The summed E-state index contributed by atoms with van der Waals surface area (Å²) in [5.74, 6) is -0.167. The van der Waals surface area contributed by atoms with Gasteiger partial charge in [0, 0.05) is 16.8 Å². The van der Waals surface area contributed by atoms with Gasteiger partial charge < -0.3 is 5.11 Å². The maximum atomic E-state index is 13.6. The van der Waals surface area contributed by atoms with E-state index in [0.29, 0.717) is 5.56 Å². The van der Waals surface area contributed by atoms with Crippen molar-refractivity contribution in [3.05, 3.63) is 76.2 Å². The van der Waals surface area contributed by atoms with Crippen molar-refractivity contribution in [3.8, 4) is 28.5 Å². The number of nitriles is 1. The van der Waals surface area contributed by atoms with Gasteiger partial charge in [-0.05, 0) is 71.7 Å². The van der Waals surface area contributed by atoms with Gasteiger partial charge in [-0.15, -0.1) is 0 Å². The Labute approximate surface area is 170 Å². The molecule has 0 saturated heterocycles. The Morgan fingerprint density at radius 1 is 1.14 bits per heavy atom. The summed E-state index contributed by atoms with van der Waals surface area (Å²) in [6.45, 7) is 4.00. The SMILES string of the molecule is CC(C)c1nc2c(c(-c3ccc(F)cc3)c1CO)CCCc1ccc(C#N)cc1-2. The van der Waals surface area contributed by atoms with Crippen molar-refractivity contribution in [2.24, 2.45) is 0 Å². The predicted molar refractivity (Wildman–Crippen MR) is 112 cm³/mol. The van der Waals surface area contributed by atoms with Crippen LogP contribution in [0.25, 0.3) is 22.4 Å². The summed E-state index contributed by atoms with van der Waals surface area (Å²) < 4.78 is 13.6. The number of aliphatic hydroxyl groups excluding tert-OH is 1. The van der Waals surface area contributed by atoms with Crippen LogP contribution in [-0.4, -0.2) is 10.1 Å². The van der Waals surface area contributed by atoms with Gasteiger partial charge in [0.05, 0.1) is 23.9 Å². The van der Waals surface area contributed by atoms with Crippen LogP contribution >= 0.6 is 0 Å². The molecule has 0 bridgehead atoms. The first kappa shape index (κ1) is 19.3. The molecule has 2 aromatic carbocycles. The molecule has 1 aromatic heterocycles. The number of fused-ring (bicyclic) bond motifs is 3. The summed E-state index contributed by atoms with van der Waals surface area (Å²) >= 11 is 0. The molecule has 1 aliphatic rings. The van der Waals surface area contributed by atoms with Crippen molar-refractivity contribution in [2.75, 3.05) is 0 Å². The van der Waals surface area contributed by atoms with Crippen molar-refractivity contribution >= 4 is 0 Å². The third-order valence-corrected chi connectivity index (χ3v) is 5.64. The smallest absolute Gasteiger partial charge is 0.123 e. The molecule has 29 heavy (non-hydrogen) atoms. The molecule has 0 fully saturated rings. The Morgan fingerprint density at radius 3 is 2.55 bits per heavy atom. The van der Waals surface area contributed by atoms with Gasteiger partial charge in [-0.25, -0.2) is 4.39 Å². The highest BCUT2D eigenvalue weighted by molar-refractivity contribution is 5.81. The summed E-state index contributed by atoms with van der Waals surface area (Å²) in [6, 6.07) is 14.5. The minimum atomic E-state index is -0.285. The molecule has 0 saturated carbocycles. The van der Waals surface area contributed by atoms with Crippen molar-refractivity contribution in [1.82, 2.24) is 4.98 Å². The molecular weight excluding hydrogens is 363 g/mol. The highest BCUT2D eigenvalue weighted by Crippen LogP contribution is 2.41. The third kappa shape index (κ3) is 3.43. The van der Waals surface area contributed by atoms with Crippen LogP contribution in [0.3, 0.4) is 0 Å². The van der Waals surface area contributed by atoms with E-state index in [9.17, 15) is 14.8 Å². The molecule has 0 spiro atoms. The summed E-state index contributed by atoms with van der Waals surface area (Å²) in [6.07, 6.45) is 2.68.